The number of nitrogens with one attached hydrogen (secondary N) is 1. The Morgan fingerprint density at radius 1 is 0.921 bits per heavy atom. The first kappa shape index (κ1) is 27.7. The number of anilines is 2. The van der Waals surface area contributed by atoms with Crippen LogP contribution in [0.1, 0.15) is 31.9 Å². The first-order chi connectivity index (χ1) is 18.0. The molecule has 0 saturated carbocycles. The van der Waals surface area contributed by atoms with Gasteiger partial charge in [-0.05, 0) is 62.7 Å². The Bertz CT molecular complexity index is 1380. The van der Waals surface area contributed by atoms with E-state index in [0.29, 0.717) is 11.6 Å². The van der Waals surface area contributed by atoms with Gasteiger partial charge in [0.15, 0.2) is 0 Å². The highest BCUT2D eigenvalue weighted by Gasteiger charge is 2.31. The van der Waals surface area contributed by atoms with Crippen LogP contribution >= 0.6 is 15.9 Å². The topological polar surface area (TPSA) is 105 Å². The van der Waals surface area contributed by atoms with Crippen LogP contribution in [0.4, 0.5) is 16.4 Å². The van der Waals surface area contributed by atoms with Crippen molar-refractivity contribution < 1.29 is 17.9 Å². The fourth-order valence-corrected chi connectivity index (χ4v) is 5.37. The number of ether oxygens (including phenoxy) is 1. The molecule has 0 spiro atoms. The molecule has 4 rings (SSSR count). The third kappa shape index (κ3) is 7.40. The van der Waals surface area contributed by atoms with Crippen LogP contribution in [-0.4, -0.2) is 65.5 Å². The lowest BCUT2D eigenvalue weighted by molar-refractivity contribution is 0.0192. The molecule has 0 bridgehead atoms. The van der Waals surface area contributed by atoms with Crippen LogP contribution in [0.2, 0.25) is 0 Å². The van der Waals surface area contributed by atoms with Gasteiger partial charge < -0.3 is 15.0 Å². The monoisotopic (exact) mass is 599 g/mol. The summed E-state index contributed by atoms with van der Waals surface area (Å²) in [6.45, 7) is 6.37. The zero-order valence-corrected chi connectivity index (χ0v) is 23.9. The summed E-state index contributed by atoms with van der Waals surface area (Å²) in [6.07, 6.45) is 6.90. The third-order valence-corrected chi connectivity index (χ3v) is 8.09. The van der Waals surface area contributed by atoms with Crippen LogP contribution in [-0.2, 0) is 14.8 Å². The third-order valence-electron chi connectivity index (χ3n) is 5.65. The molecule has 11 heteroatoms. The van der Waals surface area contributed by atoms with Crippen LogP contribution in [0.5, 0.6) is 0 Å². The van der Waals surface area contributed by atoms with Gasteiger partial charge in [0.2, 0.25) is 16.0 Å². The molecule has 1 aromatic heterocycles. The maximum Gasteiger partial charge on any atom is 0.410 e. The van der Waals surface area contributed by atoms with Gasteiger partial charge in [-0.3, -0.25) is 0 Å². The molecule has 200 valence electrons. The van der Waals surface area contributed by atoms with Gasteiger partial charge in [0, 0.05) is 54.3 Å². The van der Waals surface area contributed by atoms with Gasteiger partial charge in [0.05, 0.1) is 4.90 Å². The molecule has 1 saturated heterocycles. The molecule has 38 heavy (non-hydrogen) atoms. The lowest BCUT2D eigenvalue weighted by Gasteiger charge is -2.35. The summed E-state index contributed by atoms with van der Waals surface area (Å²) in [5.41, 5.74) is 1.99. The Morgan fingerprint density at radius 2 is 1.50 bits per heavy atom. The number of nitrogens with zero attached hydrogens (tertiary/aromatic N) is 4. The molecule has 9 nitrogen and oxygen atoms in total. The van der Waals surface area contributed by atoms with Crippen molar-refractivity contribution in [3.05, 3.63) is 76.5 Å². The highest BCUT2D eigenvalue weighted by Crippen LogP contribution is 2.22. The number of sulfonamides is 1. The van der Waals surface area contributed by atoms with E-state index in [9.17, 15) is 13.2 Å². The van der Waals surface area contributed by atoms with E-state index in [2.05, 4.69) is 31.2 Å². The molecule has 1 aliphatic rings. The van der Waals surface area contributed by atoms with Crippen molar-refractivity contribution in [2.45, 2.75) is 31.3 Å². The van der Waals surface area contributed by atoms with Gasteiger partial charge in [-0.25, -0.2) is 23.2 Å². The molecule has 0 radical (unpaired) electrons. The Hall–Kier alpha value is -3.28. The van der Waals surface area contributed by atoms with Crippen molar-refractivity contribution in [1.82, 2.24) is 19.2 Å². The largest absolute Gasteiger partial charge is 0.444 e. The van der Waals surface area contributed by atoms with Gasteiger partial charge >= 0.3 is 6.09 Å². The first-order valence-corrected chi connectivity index (χ1v) is 14.3. The molecule has 3 aromatic rings. The number of piperazine rings is 1. The zero-order valence-electron chi connectivity index (χ0n) is 21.5. The van der Waals surface area contributed by atoms with Crippen LogP contribution in [0.15, 0.2) is 70.3 Å². The summed E-state index contributed by atoms with van der Waals surface area (Å²) >= 11 is 3.42. The number of halogens is 1. The lowest BCUT2D eigenvalue weighted by Crippen LogP contribution is -2.51. The van der Waals surface area contributed by atoms with Gasteiger partial charge in [0.1, 0.15) is 5.60 Å². The summed E-state index contributed by atoms with van der Waals surface area (Å²) < 4.78 is 34.0. The van der Waals surface area contributed by atoms with E-state index in [0.717, 1.165) is 15.6 Å². The number of carbonyl (C=O) groups is 1. The number of amides is 1. The predicted molar refractivity (Wildman–Crippen MR) is 151 cm³/mol. The maximum absolute atomic E-state index is 13.1. The van der Waals surface area contributed by atoms with Gasteiger partial charge in [-0.1, -0.05) is 40.2 Å². The van der Waals surface area contributed by atoms with Gasteiger partial charge in [-0.15, -0.1) is 0 Å². The summed E-state index contributed by atoms with van der Waals surface area (Å²) in [5, 5.41) is 3.09. The van der Waals surface area contributed by atoms with Crippen molar-refractivity contribution in [3.8, 4) is 0 Å². The molecule has 0 aliphatic carbocycles. The molecule has 2 aromatic carbocycles. The van der Waals surface area contributed by atoms with Crippen molar-refractivity contribution >= 4 is 55.8 Å². The Kier molecular flexibility index (Phi) is 8.49. The molecule has 1 amide bonds. The lowest BCUT2D eigenvalue weighted by atomic mass is 10.2. The Labute approximate surface area is 231 Å². The summed E-state index contributed by atoms with van der Waals surface area (Å²) in [6, 6.07) is 14.4. The second-order valence-electron chi connectivity index (χ2n) is 9.75. The minimum Gasteiger partial charge on any atom is -0.444 e. The first-order valence-electron chi connectivity index (χ1n) is 12.1. The van der Waals surface area contributed by atoms with Crippen LogP contribution in [0.3, 0.4) is 0 Å². The van der Waals surface area contributed by atoms with Crippen LogP contribution < -0.4 is 5.32 Å². The van der Waals surface area contributed by atoms with E-state index < -0.39 is 21.7 Å². The quantitative estimate of drug-likeness (QED) is 0.404. The minimum absolute atomic E-state index is 0.183. The van der Waals surface area contributed by atoms with Crippen molar-refractivity contribution in [3.63, 3.8) is 0 Å². The van der Waals surface area contributed by atoms with E-state index in [-0.39, 0.29) is 31.1 Å². The normalized spacial score (nSPS) is 15.0. The molecule has 1 N–H and O–H groups in total. The summed E-state index contributed by atoms with van der Waals surface area (Å²) in [4.78, 5) is 22.7. The number of carbonyl (C=O) groups excluding carboxylic acids is 1. The number of rotatable bonds is 6. The standard InChI is InChI=1S/C27H30BrN5O4S/c1-27(2,3)37-26(34)32-14-16-33(17-15-32)38(35,36)24-12-10-23(11-13-24)31-25-29-18-21(19-30-25)5-4-20-6-8-22(28)9-7-20/h4-13,18-19H,14-17H2,1-3H3,(H,29,30,31)/b5-4+. The maximum atomic E-state index is 13.1. The molecule has 2 heterocycles. The fourth-order valence-electron chi connectivity index (χ4n) is 3.68. The van der Waals surface area contributed by atoms with E-state index >= 15 is 0 Å². The average molecular weight is 601 g/mol. The van der Waals surface area contributed by atoms with E-state index in [1.54, 1.807) is 57.4 Å². The second-order valence-corrected chi connectivity index (χ2v) is 12.6. The van der Waals surface area contributed by atoms with E-state index in [4.69, 9.17) is 4.74 Å². The highest BCUT2D eigenvalue weighted by molar-refractivity contribution is 9.10. The van der Waals surface area contributed by atoms with Gasteiger partial charge in [-0.2, -0.15) is 4.31 Å². The van der Waals surface area contributed by atoms with Gasteiger partial charge in [0.25, 0.3) is 0 Å². The number of hydrogen-bond acceptors (Lipinski definition) is 7. The van der Waals surface area contributed by atoms with Crippen molar-refractivity contribution in [2.75, 3.05) is 31.5 Å². The van der Waals surface area contributed by atoms with Crippen molar-refractivity contribution in [2.24, 2.45) is 0 Å². The second kappa shape index (κ2) is 11.6. The number of benzene rings is 2. The Balaban J connectivity index is 1.33. The van der Waals surface area contributed by atoms with E-state index in [1.165, 1.54) is 9.21 Å². The minimum atomic E-state index is -3.69. The molecule has 1 aliphatic heterocycles. The molecular formula is C27H30BrN5O4S. The molecule has 1 fully saturated rings. The number of hydrogen-bond donors (Lipinski definition) is 1. The van der Waals surface area contributed by atoms with Crippen molar-refractivity contribution in [1.29, 1.82) is 0 Å². The fraction of sp³-hybridized carbons (Fsp3) is 0.296. The van der Waals surface area contributed by atoms with Crippen LogP contribution in [0.25, 0.3) is 12.2 Å². The zero-order chi connectivity index (χ0) is 27.3. The molecule has 0 atom stereocenters. The smallest absolute Gasteiger partial charge is 0.410 e. The summed E-state index contributed by atoms with van der Waals surface area (Å²) in [7, 11) is -3.69. The number of aromatic nitrogens is 2. The Morgan fingerprint density at radius 3 is 2.08 bits per heavy atom. The SMILES string of the molecule is CC(C)(C)OC(=O)N1CCN(S(=O)(=O)c2ccc(Nc3ncc(/C=C/c4ccc(Br)cc4)cn3)cc2)CC1. The average Bonchev–Trinajstić information content (AvgIpc) is 2.89. The predicted octanol–water partition coefficient (Wildman–Crippen LogP) is 5.39. The summed E-state index contributed by atoms with van der Waals surface area (Å²) in [5.74, 6) is 0.402. The molecular weight excluding hydrogens is 570 g/mol. The van der Waals surface area contributed by atoms with Crippen LogP contribution in [0, 0.1) is 0 Å². The highest BCUT2D eigenvalue weighted by atomic mass is 79.9. The molecule has 0 unspecified atom stereocenters. The van der Waals surface area contributed by atoms with E-state index in [1.807, 2.05) is 36.4 Å².